The summed E-state index contributed by atoms with van der Waals surface area (Å²) in [7, 11) is 0. The highest BCUT2D eigenvalue weighted by molar-refractivity contribution is 6.35. The maximum absolute atomic E-state index is 11.5. The first-order valence-electron chi connectivity index (χ1n) is 7.85. The molecule has 0 bridgehead atoms. The summed E-state index contributed by atoms with van der Waals surface area (Å²) in [6, 6.07) is 5.08. The minimum Gasteiger partial charge on any atom is -0.476 e. The Morgan fingerprint density at radius 3 is 2.88 bits per heavy atom. The molecule has 2 aromatic rings. The molecule has 1 atom stereocenters. The predicted molar refractivity (Wildman–Crippen MR) is 93.0 cm³/mol. The Morgan fingerprint density at radius 2 is 2.21 bits per heavy atom. The van der Waals surface area contributed by atoms with E-state index < -0.39 is 5.97 Å². The summed E-state index contributed by atoms with van der Waals surface area (Å²) in [5.74, 6) is -0.554. The Hall–Kier alpha value is -1.56. The van der Waals surface area contributed by atoms with Crippen LogP contribution >= 0.6 is 23.2 Å². The van der Waals surface area contributed by atoms with E-state index in [4.69, 9.17) is 27.9 Å². The lowest BCUT2D eigenvalue weighted by Gasteiger charge is -2.24. The Labute approximate surface area is 150 Å². The highest BCUT2D eigenvalue weighted by Crippen LogP contribution is 2.32. The molecule has 0 saturated carbocycles. The second kappa shape index (κ2) is 7.13. The van der Waals surface area contributed by atoms with E-state index in [0.29, 0.717) is 33.7 Å². The molecule has 24 heavy (non-hydrogen) atoms. The summed E-state index contributed by atoms with van der Waals surface area (Å²) in [4.78, 5) is 15.8. The van der Waals surface area contributed by atoms with Crippen LogP contribution in [0, 0.1) is 6.92 Å². The van der Waals surface area contributed by atoms with Gasteiger partial charge in [-0.1, -0.05) is 23.2 Å². The van der Waals surface area contributed by atoms with Gasteiger partial charge in [0.05, 0.1) is 17.7 Å². The standard InChI is InChI=1S/C17H18Cl2N2O3/c1-10-15(17(22)23)20-16(13-8-11(18)5-6-14(13)19)21(10)9-12-4-2-3-7-24-12/h5-6,8,12H,2-4,7,9H2,1H3,(H,22,23). The van der Waals surface area contributed by atoms with Crippen LogP contribution in [0.25, 0.3) is 11.4 Å². The van der Waals surface area contributed by atoms with Crippen molar-refractivity contribution in [2.45, 2.75) is 38.8 Å². The molecule has 0 radical (unpaired) electrons. The molecule has 1 N–H and O–H groups in total. The minimum absolute atomic E-state index is 0.0249. The van der Waals surface area contributed by atoms with Crippen LogP contribution in [-0.4, -0.2) is 33.3 Å². The van der Waals surface area contributed by atoms with Crippen molar-refractivity contribution in [2.24, 2.45) is 0 Å². The van der Waals surface area contributed by atoms with Gasteiger partial charge in [-0.2, -0.15) is 0 Å². The number of aromatic carboxylic acids is 1. The van der Waals surface area contributed by atoms with Gasteiger partial charge in [0.15, 0.2) is 5.69 Å². The van der Waals surface area contributed by atoms with Crippen LogP contribution in [0.3, 0.4) is 0 Å². The predicted octanol–water partition coefficient (Wildman–Crippen LogP) is 4.43. The van der Waals surface area contributed by atoms with Crippen LogP contribution in [0.1, 0.15) is 35.4 Å². The van der Waals surface area contributed by atoms with Crippen LogP contribution in [0.5, 0.6) is 0 Å². The number of nitrogens with zero attached hydrogens (tertiary/aromatic N) is 2. The molecule has 0 spiro atoms. The van der Waals surface area contributed by atoms with Crippen molar-refractivity contribution in [3.8, 4) is 11.4 Å². The minimum atomic E-state index is -1.06. The first-order valence-corrected chi connectivity index (χ1v) is 8.60. The van der Waals surface area contributed by atoms with Crippen molar-refractivity contribution in [1.82, 2.24) is 9.55 Å². The highest BCUT2D eigenvalue weighted by Gasteiger charge is 2.24. The third-order valence-corrected chi connectivity index (χ3v) is 4.82. The zero-order chi connectivity index (χ0) is 17.3. The number of halogens is 2. The molecule has 0 amide bonds. The van der Waals surface area contributed by atoms with Crippen molar-refractivity contribution in [3.05, 3.63) is 39.6 Å². The van der Waals surface area contributed by atoms with Crippen LogP contribution in [0.4, 0.5) is 0 Å². The summed E-state index contributed by atoms with van der Waals surface area (Å²) in [6.45, 7) is 3.03. The van der Waals surface area contributed by atoms with Gasteiger partial charge in [-0.3, -0.25) is 0 Å². The number of rotatable bonds is 4. The Morgan fingerprint density at radius 1 is 1.42 bits per heavy atom. The van der Waals surface area contributed by atoms with Crippen molar-refractivity contribution in [3.63, 3.8) is 0 Å². The first-order chi connectivity index (χ1) is 11.5. The zero-order valence-electron chi connectivity index (χ0n) is 13.3. The Bertz CT molecular complexity index is 767. The maximum Gasteiger partial charge on any atom is 0.356 e. The molecule has 128 valence electrons. The van der Waals surface area contributed by atoms with E-state index in [-0.39, 0.29) is 11.8 Å². The van der Waals surface area contributed by atoms with Crippen molar-refractivity contribution >= 4 is 29.2 Å². The number of ether oxygens (including phenoxy) is 1. The number of benzene rings is 1. The van der Waals surface area contributed by atoms with Crippen LogP contribution in [0.15, 0.2) is 18.2 Å². The molecule has 1 aliphatic rings. The summed E-state index contributed by atoms with van der Waals surface area (Å²) in [5.41, 5.74) is 1.23. The Kier molecular flexibility index (Phi) is 5.13. The lowest BCUT2D eigenvalue weighted by atomic mass is 10.1. The van der Waals surface area contributed by atoms with E-state index in [1.807, 2.05) is 4.57 Å². The van der Waals surface area contributed by atoms with Crippen molar-refractivity contribution < 1.29 is 14.6 Å². The van der Waals surface area contributed by atoms with Gasteiger partial charge in [0.2, 0.25) is 0 Å². The zero-order valence-corrected chi connectivity index (χ0v) is 14.8. The van der Waals surface area contributed by atoms with Crippen molar-refractivity contribution in [2.75, 3.05) is 6.61 Å². The van der Waals surface area contributed by atoms with Gasteiger partial charge in [-0.25, -0.2) is 9.78 Å². The third-order valence-electron chi connectivity index (χ3n) is 4.25. The second-order valence-electron chi connectivity index (χ2n) is 5.90. The molecular formula is C17H18Cl2N2O3. The molecule has 1 unspecified atom stereocenters. The van der Waals surface area contributed by atoms with Gasteiger partial charge in [0.25, 0.3) is 0 Å². The molecule has 2 heterocycles. The fourth-order valence-electron chi connectivity index (χ4n) is 2.99. The van der Waals surface area contributed by atoms with E-state index >= 15 is 0 Å². The Balaban J connectivity index is 2.08. The monoisotopic (exact) mass is 368 g/mol. The van der Waals surface area contributed by atoms with Crippen LogP contribution in [-0.2, 0) is 11.3 Å². The fraction of sp³-hybridized carbons (Fsp3) is 0.412. The van der Waals surface area contributed by atoms with E-state index in [1.165, 1.54) is 0 Å². The number of hydrogen-bond acceptors (Lipinski definition) is 3. The molecule has 1 aliphatic heterocycles. The van der Waals surface area contributed by atoms with E-state index in [0.717, 1.165) is 25.9 Å². The summed E-state index contributed by atoms with van der Waals surface area (Å²) < 4.78 is 7.67. The maximum atomic E-state index is 11.5. The van der Waals surface area contributed by atoms with E-state index in [2.05, 4.69) is 4.98 Å². The van der Waals surface area contributed by atoms with Crippen molar-refractivity contribution in [1.29, 1.82) is 0 Å². The normalized spacial score (nSPS) is 17.9. The van der Waals surface area contributed by atoms with Crippen LogP contribution in [0.2, 0.25) is 10.0 Å². The highest BCUT2D eigenvalue weighted by atomic mass is 35.5. The molecule has 3 rings (SSSR count). The molecule has 1 saturated heterocycles. The number of imidazole rings is 1. The molecule has 1 aromatic heterocycles. The SMILES string of the molecule is Cc1c(C(=O)O)nc(-c2cc(Cl)ccc2Cl)n1CC1CCCCO1. The third kappa shape index (κ3) is 3.43. The van der Waals surface area contributed by atoms with E-state index in [9.17, 15) is 9.90 Å². The van der Waals surface area contributed by atoms with Gasteiger partial charge in [-0.05, 0) is 44.4 Å². The van der Waals surface area contributed by atoms with Gasteiger partial charge < -0.3 is 14.4 Å². The lowest BCUT2D eigenvalue weighted by Crippen LogP contribution is -2.25. The number of hydrogen-bond donors (Lipinski definition) is 1. The fourth-order valence-corrected chi connectivity index (χ4v) is 3.36. The summed E-state index contributed by atoms with van der Waals surface area (Å²) >= 11 is 12.4. The topological polar surface area (TPSA) is 64.3 Å². The first kappa shape index (κ1) is 17.3. The number of carboxylic acids is 1. The number of carbonyl (C=O) groups is 1. The van der Waals surface area contributed by atoms with Gasteiger partial charge in [-0.15, -0.1) is 0 Å². The molecule has 7 heteroatoms. The summed E-state index contributed by atoms with van der Waals surface area (Å²) in [5, 5.41) is 10.4. The largest absolute Gasteiger partial charge is 0.476 e. The molecular weight excluding hydrogens is 351 g/mol. The number of aromatic nitrogens is 2. The van der Waals surface area contributed by atoms with Gasteiger partial charge >= 0.3 is 5.97 Å². The molecule has 0 aliphatic carbocycles. The van der Waals surface area contributed by atoms with E-state index in [1.54, 1.807) is 25.1 Å². The average Bonchev–Trinajstić information content (AvgIpc) is 2.88. The van der Waals surface area contributed by atoms with Gasteiger partial charge in [0, 0.05) is 22.9 Å². The quantitative estimate of drug-likeness (QED) is 0.866. The average molecular weight is 369 g/mol. The number of carboxylic acid groups (broad SMARTS) is 1. The lowest BCUT2D eigenvalue weighted by molar-refractivity contribution is 0.00592. The molecule has 1 fully saturated rings. The smallest absolute Gasteiger partial charge is 0.356 e. The second-order valence-corrected chi connectivity index (χ2v) is 6.74. The summed E-state index contributed by atoms with van der Waals surface area (Å²) in [6.07, 6.45) is 3.16. The van der Waals surface area contributed by atoms with Crippen LogP contribution < -0.4 is 0 Å². The van der Waals surface area contributed by atoms with Gasteiger partial charge in [0.1, 0.15) is 5.82 Å². The molecule has 5 nitrogen and oxygen atoms in total. The molecule has 1 aromatic carbocycles.